The van der Waals surface area contributed by atoms with Crippen molar-refractivity contribution in [1.82, 2.24) is 0 Å². The maximum atomic E-state index is 14.9. The van der Waals surface area contributed by atoms with E-state index < -0.39 is 23.3 Å². The Labute approximate surface area is 157 Å². The third-order valence-corrected chi connectivity index (χ3v) is 6.47. The van der Waals surface area contributed by atoms with Gasteiger partial charge in [-0.15, -0.1) is 0 Å². The van der Waals surface area contributed by atoms with Gasteiger partial charge in [-0.25, -0.2) is 17.6 Å². The molecule has 144 valence electrons. The lowest BCUT2D eigenvalue weighted by atomic mass is 9.77. The van der Waals surface area contributed by atoms with E-state index in [0.717, 1.165) is 36.8 Å². The van der Waals surface area contributed by atoms with Crippen LogP contribution in [0.2, 0.25) is 0 Å². The summed E-state index contributed by atoms with van der Waals surface area (Å²) in [5.41, 5.74) is 2.23. The maximum absolute atomic E-state index is 14.9. The van der Waals surface area contributed by atoms with Crippen molar-refractivity contribution in [2.24, 2.45) is 5.92 Å². The molecule has 0 nitrogen and oxygen atoms in total. The number of fused-ring (bicyclic) bond motifs is 1. The first-order chi connectivity index (χ1) is 12.9. The third kappa shape index (κ3) is 3.63. The lowest BCUT2D eigenvalue weighted by Crippen LogP contribution is -2.17. The Hall–Kier alpha value is -1.84. The molecule has 0 heterocycles. The molecular formula is C23H24F4. The maximum Gasteiger partial charge on any atom is 0.159 e. The van der Waals surface area contributed by atoms with Crippen molar-refractivity contribution in [3.8, 4) is 0 Å². The van der Waals surface area contributed by atoms with Crippen molar-refractivity contribution in [2.45, 2.75) is 63.7 Å². The Balaban J connectivity index is 1.60. The van der Waals surface area contributed by atoms with Crippen molar-refractivity contribution in [3.05, 3.63) is 69.8 Å². The van der Waals surface area contributed by atoms with Gasteiger partial charge < -0.3 is 0 Å². The van der Waals surface area contributed by atoms with E-state index in [9.17, 15) is 17.6 Å². The molecular weight excluding hydrogens is 352 g/mol. The summed E-state index contributed by atoms with van der Waals surface area (Å²) in [6, 6.07) is 5.38. The molecule has 0 N–H and O–H groups in total. The molecule has 4 heteroatoms. The molecule has 2 aromatic carbocycles. The van der Waals surface area contributed by atoms with Crippen molar-refractivity contribution >= 4 is 0 Å². The van der Waals surface area contributed by atoms with Crippen LogP contribution < -0.4 is 0 Å². The molecule has 1 fully saturated rings. The summed E-state index contributed by atoms with van der Waals surface area (Å²) >= 11 is 0. The smallest absolute Gasteiger partial charge is 0.159 e. The van der Waals surface area contributed by atoms with E-state index in [1.807, 2.05) is 0 Å². The molecule has 4 rings (SSSR count). The highest BCUT2D eigenvalue weighted by atomic mass is 19.2. The second-order valence-electron chi connectivity index (χ2n) is 8.33. The van der Waals surface area contributed by atoms with Crippen LogP contribution in [0.3, 0.4) is 0 Å². The summed E-state index contributed by atoms with van der Waals surface area (Å²) in [6.07, 6.45) is 5.50. The lowest BCUT2D eigenvalue weighted by molar-refractivity contribution is 0.346. The highest BCUT2D eigenvalue weighted by Crippen LogP contribution is 2.40. The first kappa shape index (κ1) is 18.5. The molecule has 0 radical (unpaired) electrons. The van der Waals surface area contributed by atoms with Gasteiger partial charge in [0.15, 0.2) is 11.6 Å². The van der Waals surface area contributed by atoms with Crippen LogP contribution in [-0.4, -0.2) is 0 Å². The van der Waals surface area contributed by atoms with E-state index in [0.29, 0.717) is 30.7 Å². The first-order valence-corrected chi connectivity index (χ1v) is 9.88. The molecule has 0 aromatic heterocycles. The van der Waals surface area contributed by atoms with Gasteiger partial charge in [0, 0.05) is 5.56 Å². The van der Waals surface area contributed by atoms with Crippen LogP contribution in [0.15, 0.2) is 24.3 Å². The van der Waals surface area contributed by atoms with Crippen molar-refractivity contribution in [2.75, 3.05) is 0 Å². The predicted molar refractivity (Wildman–Crippen MR) is 97.9 cm³/mol. The molecule has 2 aliphatic rings. The molecule has 27 heavy (non-hydrogen) atoms. The molecule has 1 atom stereocenters. The van der Waals surface area contributed by atoms with E-state index in [1.54, 1.807) is 0 Å². The zero-order valence-electron chi connectivity index (χ0n) is 15.5. The van der Waals surface area contributed by atoms with Crippen LogP contribution in [0, 0.1) is 29.2 Å². The normalized spacial score (nSPS) is 25.3. The van der Waals surface area contributed by atoms with Crippen LogP contribution in [-0.2, 0) is 12.8 Å². The highest BCUT2D eigenvalue weighted by Gasteiger charge is 2.28. The van der Waals surface area contributed by atoms with Gasteiger partial charge in [-0.3, -0.25) is 0 Å². The minimum atomic E-state index is -0.905. The van der Waals surface area contributed by atoms with Gasteiger partial charge in [0.05, 0.1) is 0 Å². The molecule has 0 amide bonds. The van der Waals surface area contributed by atoms with Crippen LogP contribution in [0.25, 0.3) is 0 Å². The van der Waals surface area contributed by atoms with Gasteiger partial charge in [-0.05, 0) is 90.8 Å². The zero-order valence-corrected chi connectivity index (χ0v) is 15.5. The van der Waals surface area contributed by atoms with E-state index in [1.165, 1.54) is 24.3 Å². The Kier molecular flexibility index (Phi) is 5.00. The number of hydrogen-bond acceptors (Lipinski definition) is 0. The minimum Gasteiger partial charge on any atom is -0.207 e. The summed E-state index contributed by atoms with van der Waals surface area (Å²) in [6.45, 7) is 2.22. The number of halogens is 4. The Morgan fingerprint density at radius 1 is 0.667 bits per heavy atom. The fraction of sp³-hybridized carbons (Fsp3) is 0.478. The van der Waals surface area contributed by atoms with E-state index in [2.05, 4.69) is 6.92 Å². The molecule has 1 unspecified atom stereocenters. The van der Waals surface area contributed by atoms with Gasteiger partial charge in [0.25, 0.3) is 0 Å². The molecule has 0 saturated heterocycles. The lowest BCUT2D eigenvalue weighted by Gasteiger charge is -2.28. The second-order valence-corrected chi connectivity index (χ2v) is 8.33. The van der Waals surface area contributed by atoms with Crippen molar-refractivity contribution in [1.29, 1.82) is 0 Å². The zero-order chi connectivity index (χ0) is 19.1. The molecule has 0 spiro atoms. The number of aryl methyl sites for hydroxylation is 1. The SMILES string of the molecule is CC1CCC(c2cc(F)c(C3CCc4cc(F)c(F)cc4C3)c(F)c2)CC1. The summed E-state index contributed by atoms with van der Waals surface area (Å²) in [5.74, 6) is -2.21. The topological polar surface area (TPSA) is 0 Å². The molecule has 0 aliphatic heterocycles. The predicted octanol–water partition coefficient (Wildman–Crippen LogP) is 6.81. The number of rotatable bonds is 2. The number of hydrogen-bond donors (Lipinski definition) is 0. The van der Waals surface area contributed by atoms with Crippen molar-refractivity contribution in [3.63, 3.8) is 0 Å². The van der Waals surface area contributed by atoms with Crippen LogP contribution in [0.1, 0.15) is 73.1 Å². The summed E-state index contributed by atoms with van der Waals surface area (Å²) in [7, 11) is 0. The summed E-state index contributed by atoms with van der Waals surface area (Å²) < 4.78 is 56.7. The van der Waals surface area contributed by atoms with Gasteiger partial charge >= 0.3 is 0 Å². The summed E-state index contributed by atoms with van der Waals surface area (Å²) in [5, 5.41) is 0. The van der Waals surface area contributed by atoms with E-state index >= 15 is 0 Å². The largest absolute Gasteiger partial charge is 0.207 e. The quantitative estimate of drug-likeness (QED) is 0.505. The minimum absolute atomic E-state index is 0.0957. The molecule has 2 aliphatic carbocycles. The molecule has 1 saturated carbocycles. The average molecular weight is 376 g/mol. The van der Waals surface area contributed by atoms with Gasteiger partial charge in [0.1, 0.15) is 11.6 Å². The van der Waals surface area contributed by atoms with E-state index in [4.69, 9.17) is 0 Å². The monoisotopic (exact) mass is 376 g/mol. The van der Waals surface area contributed by atoms with Gasteiger partial charge in [-0.2, -0.15) is 0 Å². The molecule has 2 aromatic rings. The standard InChI is InChI=1S/C23H24F4/c1-13-2-4-14(5-3-13)18-11-21(26)23(22(27)12-18)16-7-6-15-9-19(24)20(25)10-17(15)8-16/h9-14,16H,2-8H2,1H3. The Bertz CT molecular complexity index is 827. The van der Waals surface area contributed by atoms with Gasteiger partial charge in [0.2, 0.25) is 0 Å². The van der Waals surface area contributed by atoms with Crippen molar-refractivity contribution < 1.29 is 17.6 Å². The summed E-state index contributed by atoms with van der Waals surface area (Å²) in [4.78, 5) is 0. The Morgan fingerprint density at radius 2 is 1.26 bits per heavy atom. The fourth-order valence-electron chi connectivity index (χ4n) is 4.82. The first-order valence-electron chi connectivity index (χ1n) is 9.88. The second kappa shape index (κ2) is 7.29. The van der Waals surface area contributed by atoms with Crippen LogP contribution in [0.4, 0.5) is 17.6 Å². The third-order valence-electron chi connectivity index (χ3n) is 6.47. The number of benzene rings is 2. The van der Waals surface area contributed by atoms with Crippen LogP contribution in [0.5, 0.6) is 0 Å². The fourth-order valence-corrected chi connectivity index (χ4v) is 4.82. The Morgan fingerprint density at radius 3 is 1.89 bits per heavy atom. The molecule has 0 bridgehead atoms. The van der Waals surface area contributed by atoms with E-state index in [-0.39, 0.29) is 17.4 Å². The average Bonchev–Trinajstić information content (AvgIpc) is 2.63. The van der Waals surface area contributed by atoms with Crippen LogP contribution >= 0.6 is 0 Å². The highest BCUT2D eigenvalue weighted by molar-refractivity contribution is 5.37. The van der Waals surface area contributed by atoms with Gasteiger partial charge in [-0.1, -0.05) is 19.8 Å².